The van der Waals surface area contributed by atoms with Crippen LogP contribution in [0.5, 0.6) is 5.75 Å². The van der Waals surface area contributed by atoms with Crippen molar-refractivity contribution in [2.24, 2.45) is 0 Å². The minimum Gasteiger partial charge on any atom is -0.491 e. The highest BCUT2D eigenvalue weighted by Crippen LogP contribution is 2.20. The van der Waals surface area contributed by atoms with Crippen molar-refractivity contribution in [1.82, 2.24) is 0 Å². The van der Waals surface area contributed by atoms with Gasteiger partial charge in [-0.2, -0.15) is 0 Å². The highest BCUT2D eigenvalue weighted by molar-refractivity contribution is 6.04. The van der Waals surface area contributed by atoms with Crippen molar-refractivity contribution < 1.29 is 14.5 Å². The van der Waals surface area contributed by atoms with Gasteiger partial charge >= 0.3 is 0 Å². The van der Waals surface area contributed by atoms with Crippen molar-refractivity contribution >= 4 is 17.3 Å². The van der Waals surface area contributed by atoms with Crippen LogP contribution >= 0.6 is 0 Å². The number of amides is 1. The fraction of sp³-hybridized carbons (Fsp3) is 0.235. The molecule has 0 radical (unpaired) electrons. The molecule has 1 unspecified atom stereocenters. The number of anilines is 1. The Morgan fingerprint density at radius 3 is 2.70 bits per heavy atom. The Morgan fingerprint density at radius 2 is 2.00 bits per heavy atom. The van der Waals surface area contributed by atoms with Gasteiger partial charge in [-0.05, 0) is 31.5 Å². The first-order chi connectivity index (χ1) is 11.0. The highest BCUT2D eigenvalue weighted by Gasteiger charge is 2.12. The average molecular weight is 314 g/mol. The predicted octanol–water partition coefficient (Wildman–Crippen LogP) is 4.02. The Labute approximate surface area is 134 Å². The second kappa shape index (κ2) is 7.40. The quantitative estimate of drug-likeness (QED) is 0.645. The van der Waals surface area contributed by atoms with Crippen molar-refractivity contribution in [1.29, 1.82) is 0 Å². The van der Waals surface area contributed by atoms with Crippen LogP contribution in [0.3, 0.4) is 0 Å². The molecule has 0 heterocycles. The third-order valence-corrected chi connectivity index (χ3v) is 3.32. The Kier molecular flexibility index (Phi) is 5.30. The number of ether oxygens (including phenoxy) is 1. The van der Waals surface area contributed by atoms with E-state index in [4.69, 9.17) is 4.74 Å². The van der Waals surface area contributed by atoms with Crippen molar-refractivity contribution in [3.63, 3.8) is 0 Å². The molecule has 2 aromatic carbocycles. The lowest BCUT2D eigenvalue weighted by atomic mass is 10.2. The fourth-order valence-corrected chi connectivity index (χ4v) is 1.93. The van der Waals surface area contributed by atoms with Gasteiger partial charge in [-0.15, -0.1) is 0 Å². The number of hydrogen-bond donors (Lipinski definition) is 1. The van der Waals surface area contributed by atoms with Crippen LogP contribution in [-0.4, -0.2) is 16.9 Å². The van der Waals surface area contributed by atoms with Gasteiger partial charge in [0.1, 0.15) is 5.75 Å². The lowest BCUT2D eigenvalue weighted by Gasteiger charge is -2.13. The number of nitrogens with zero attached hydrogens (tertiary/aromatic N) is 1. The van der Waals surface area contributed by atoms with Crippen molar-refractivity contribution in [3.8, 4) is 5.75 Å². The first-order valence-electron chi connectivity index (χ1n) is 7.32. The fourth-order valence-electron chi connectivity index (χ4n) is 1.93. The van der Waals surface area contributed by atoms with Crippen molar-refractivity contribution in [3.05, 3.63) is 64.2 Å². The Morgan fingerprint density at radius 1 is 1.26 bits per heavy atom. The Balaban J connectivity index is 2.12. The molecule has 1 atom stereocenters. The van der Waals surface area contributed by atoms with Crippen LogP contribution in [0, 0.1) is 10.1 Å². The maximum atomic E-state index is 12.2. The van der Waals surface area contributed by atoms with Crippen LogP contribution in [0.25, 0.3) is 0 Å². The monoisotopic (exact) mass is 314 g/mol. The van der Waals surface area contributed by atoms with Crippen LogP contribution in [0.2, 0.25) is 0 Å². The van der Waals surface area contributed by atoms with E-state index in [1.165, 1.54) is 24.3 Å². The number of nitro benzene ring substituents is 1. The number of carbonyl (C=O) groups is 1. The molecule has 120 valence electrons. The van der Waals surface area contributed by atoms with Gasteiger partial charge in [-0.3, -0.25) is 14.9 Å². The largest absolute Gasteiger partial charge is 0.491 e. The molecule has 2 aromatic rings. The number of benzene rings is 2. The van der Waals surface area contributed by atoms with E-state index in [0.717, 1.165) is 6.42 Å². The summed E-state index contributed by atoms with van der Waals surface area (Å²) in [5.41, 5.74) is 0.682. The van der Waals surface area contributed by atoms with E-state index < -0.39 is 10.8 Å². The van der Waals surface area contributed by atoms with Crippen LogP contribution in [0.1, 0.15) is 30.6 Å². The van der Waals surface area contributed by atoms with E-state index in [1.54, 1.807) is 18.2 Å². The van der Waals surface area contributed by atoms with Gasteiger partial charge in [-0.25, -0.2) is 0 Å². The first-order valence-corrected chi connectivity index (χ1v) is 7.32. The zero-order chi connectivity index (χ0) is 16.8. The third-order valence-electron chi connectivity index (χ3n) is 3.32. The molecule has 6 heteroatoms. The van der Waals surface area contributed by atoms with E-state index in [1.807, 2.05) is 19.9 Å². The summed E-state index contributed by atoms with van der Waals surface area (Å²) in [5, 5.41) is 13.5. The minimum atomic E-state index is -0.530. The molecule has 0 aliphatic heterocycles. The zero-order valence-corrected chi connectivity index (χ0v) is 13.0. The summed E-state index contributed by atoms with van der Waals surface area (Å²) in [6, 6.07) is 12.7. The summed E-state index contributed by atoms with van der Waals surface area (Å²) in [6.45, 7) is 3.99. The molecule has 0 aromatic heterocycles. The molecule has 0 aliphatic carbocycles. The SMILES string of the molecule is CCC(C)Oc1cccc(NC(=O)c2cccc([N+](=O)[O-])c2)c1. The molecular weight excluding hydrogens is 296 g/mol. The molecule has 0 fully saturated rings. The summed E-state index contributed by atoms with van der Waals surface area (Å²) in [5.74, 6) is 0.255. The van der Waals surface area contributed by atoms with Crippen molar-refractivity contribution in [2.75, 3.05) is 5.32 Å². The topological polar surface area (TPSA) is 81.5 Å². The standard InChI is InChI=1S/C17H18N2O4/c1-3-12(2)23-16-9-5-7-14(11-16)18-17(20)13-6-4-8-15(10-13)19(21)22/h4-12H,3H2,1-2H3,(H,18,20). The van der Waals surface area contributed by atoms with Gasteiger partial charge in [0.25, 0.3) is 11.6 Å². The van der Waals surface area contributed by atoms with Gasteiger partial charge in [0.2, 0.25) is 0 Å². The van der Waals surface area contributed by atoms with Gasteiger partial charge in [0, 0.05) is 29.4 Å². The zero-order valence-electron chi connectivity index (χ0n) is 13.0. The molecule has 0 saturated carbocycles. The van der Waals surface area contributed by atoms with E-state index in [2.05, 4.69) is 5.32 Å². The van der Waals surface area contributed by atoms with E-state index >= 15 is 0 Å². The molecule has 0 aliphatic rings. The van der Waals surface area contributed by atoms with E-state index in [-0.39, 0.29) is 17.4 Å². The van der Waals surface area contributed by atoms with Gasteiger partial charge in [0.05, 0.1) is 11.0 Å². The molecule has 0 saturated heterocycles. The number of carbonyl (C=O) groups excluding carboxylic acids is 1. The summed E-state index contributed by atoms with van der Waals surface area (Å²) >= 11 is 0. The smallest absolute Gasteiger partial charge is 0.270 e. The Bertz CT molecular complexity index is 715. The van der Waals surface area contributed by atoms with E-state index in [9.17, 15) is 14.9 Å². The maximum absolute atomic E-state index is 12.2. The second-order valence-electron chi connectivity index (χ2n) is 5.13. The van der Waals surface area contributed by atoms with Crippen LogP contribution in [0.4, 0.5) is 11.4 Å². The minimum absolute atomic E-state index is 0.0812. The number of hydrogen-bond acceptors (Lipinski definition) is 4. The lowest BCUT2D eigenvalue weighted by molar-refractivity contribution is -0.384. The number of non-ortho nitro benzene ring substituents is 1. The van der Waals surface area contributed by atoms with Crippen LogP contribution in [0.15, 0.2) is 48.5 Å². The lowest BCUT2D eigenvalue weighted by Crippen LogP contribution is -2.13. The average Bonchev–Trinajstić information content (AvgIpc) is 2.55. The van der Waals surface area contributed by atoms with E-state index in [0.29, 0.717) is 11.4 Å². The van der Waals surface area contributed by atoms with Crippen LogP contribution in [-0.2, 0) is 0 Å². The summed E-state index contributed by atoms with van der Waals surface area (Å²) in [6.07, 6.45) is 0.960. The molecule has 0 bridgehead atoms. The van der Waals surface area contributed by atoms with Crippen LogP contribution < -0.4 is 10.1 Å². The summed E-state index contributed by atoms with van der Waals surface area (Å²) in [4.78, 5) is 22.4. The molecule has 23 heavy (non-hydrogen) atoms. The maximum Gasteiger partial charge on any atom is 0.270 e. The number of nitrogens with one attached hydrogen (secondary N) is 1. The number of nitro groups is 1. The summed E-state index contributed by atoms with van der Waals surface area (Å²) in [7, 11) is 0. The Hall–Kier alpha value is -2.89. The summed E-state index contributed by atoms with van der Waals surface area (Å²) < 4.78 is 5.70. The first kappa shape index (κ1) is 16.5. The molecule has 1 amide bonds. The van der Waals surface area contributed by atoms with Gasteiger partial charge < -0.3 is 10.1 Å². The number of rotatable bonds is 6. The molecule has 0 spiro atoms. The normalized spacial score (nSPS) is 11.6. The second-order valence-corrected chi connectivity index (χ2v) is 5.13. The van der Waals surface area contributed by atoms with Gasteiger partial charge in [0.15, 0.2) is 0 Å². The molecule has 1 N–H and O–H groups in total. The molecular formula is C17H18N2O4. The van der Waals surface area contributed by atoms with Gasteiger partial charge in [-0.1, -0.05) is 19.1 Å². The third kappa shape index (κ3) is 4.54. The predicted molar refractivity (Wildman–Crippen MR) is 87.9 cm³/mol. The van der Waals surface area contributed by atoms with Crippen molar-refractivity contribution in [2.45, 2.75) is 26.4 Å². The molecule has 6 nitrogen and oxygen atoms in total. The molecule has 2 rings (SSSR count). The highest BCUT2D eigenvalue weighted by atomic mass is 16.6.